The maximum absolute atomic E-state index is 11.5. The fourth-order valence-corrected chi connectivity index (χ4v) is 2.82. The van der Waals surface area contributed by atoms with E-state index in [1.165, 1.54) is 0 Å². The number of carboxylic acid groups (broad SMARTS) is 1. The molecule has 1 aromatic carbocycles. The molecule has 0 aliphatic rings. The van der Waals surface area contributed by atoms with E-state index >= 15 is 0 Å². The van der Waals surface area contributed by atoms with Crippen LogP contribution >= 0.6 is 0 Å². The minimum Gasteiger partial charge on any atom is -0.476 e. The van der Waals surface area contributed by atoms with E-state index in [-0.39, 0.29) is 5.69 Å². The number of aromatic nitrogens is 4. The molecule has 0 spiro atoms. The molecule has 4 aromatic rings. The number of aryl methyl sites for hydroxylation is 1. The second kappa shape index (κ2) is 7.78. The Bertz CT molecular complexity index is 1100. The molecule has 0 unspecified atom stereocenters. The van der Waals surface area contributed by atoms with E-state index < -0.39 is 5.97 Å². The number of rotatable bonds is 3. The summed E-state index contributed by atoms with van der Waals surface area (Å²) in [5.41, 5.74) is 3.15. The van der Waals surface area contributed by atoms with Gasteiger partial charge in [0.1, 0.15) is 0 Å². The molecular weight excluding hydrogens is 340 g/mol. The lowest BCUT2D eigenvalue weighted by molar-refractivity contribution is 0.0690. The average molecular weight is 360 g/mol. The van der Waals surface area contributed by atoms with Gasteiger partial charge in [-0.25, -0.2) is 14.5 Å². The number of benzene rings is 1. The zero-order valence-electron chi connectivity index (χ0n) is 15.4. The molecule has 0 aliphatic heterocycles. The lowest BCUT2D eigenvalue weighted by Gasteiger charge is -2.09. The fraction of sp³-hybridized carbons (Fsp3) is 0.143. The molecule has 1 N–H and O–H groups in total. The summed E-state index contributed by atoms with van der Waals surface area (Å²) in [6.07, 6.45) is 1.71. The molecule has 0 atom stereocenters. The molecule has 0 radical (unpaired) electrons. The highest BCUT2D eigenvalue weighted by Crippen LogP contribution is 2.29. The molecule has 136 valence electrons. The highest BCUT2D eigenvalue weighted by Gasteiger charge is 2.18. The molecular formula is C21H20N4O2. The lowest BCUT2D eigenvalue weighted by Crippen LogP contribution is -2.05. The van der Waals surface area contributed by atoms with Crippen LogP contribution in [-0.2, 0) is 0 Å². The maximum atomic E-state index is 11.5. The van der Waals surface area contributed by atoms with Gasteiger partial charge in [-0.2, -0.15) is 5.10 Å². The van der Waals surface area contributed by atoms with Gasteiger partial charge in [0.25, 0.3) is 0 Å². The van der Waals surface area contributed by atoms with E-state index in [1.807, 2.05) is 63.2 Å². The largest absolute Gasteiger partial charge is 0.476 e. The summed E-state index contributed by atoms with van der Waals surface area (Å²) in [6.45, 7) is 5.88. The Labute approximate surface area is 157 Å². The molecule has 0 bridgehead atoms. The fourth-order valence-electron chi connectivity index (χ4n) is 2.82. The van der Waals surface area contributed by atoms with Crippen molar-refractivity contribution in [2.75, 3.05) is 0 Å². The van der Waals surface area contributed by atoms with Crippen LogP contribution in [0.15, 0.2) is 60.8 Å². The van der Waals surface area contributed by atoms with Gasteiger partial charge in [0.2, 0.25) is 0 Å². The molecule has 4 rings (SSSR count). The van der Waals surface area contributed by atoms with Crippen molar-refractivity contribution in [3.05, 3.63) is 72.2 Å². The van der Waals surface area contributed by atoms with E-state index in [9.17, 15) is 9.90 Å². The number of aromatic carboxylic acids is 1. The normalized spacial score (nSPS) is 10.3. The SMILES string of the molecule is CC.Cc1cccc(-n2nc(C(=O)O)cc2-c2ccnc3ccccc23)n1. The van der Waals surface area contributed by atoms with Gasteiger partial charge in [-0.1, -0.05) is 38.1 Å². The van der Waals surface area contributed by atoms with Crippen LogP contribution < -0.4 is 0 Å². The first kappa shape index (κ1) is 18.3. The van der Waals surface area contributed by atoms with Gasteiger partial charge in [-0.05, 0) is 37.3 Å². The molecule has 3 heterocycles. The van der Waals surface area contributed by atoms with Crippen molar-refractivity contribution in [2.24, 2.45) is 0 Å². The Kier molecular flexibility index (Phi) is 5.26. The van der Waals surface area contributed by atoms with Crippen LogP contribution in [0.2, 0.25) is 0 Å². The number of hydrogen-bond acceptors (Lipinski definition) is 4. The first-order valence-electron chi connectivity index (χ1n) is 8.75. The van der Waals surface area contributed by atoms with Crippen LogP contribution in [0.1, 0.15) is 30.0 Å². The molecule has 0 saturated heterocycles. The van der Waals surface area contributed by atoms with Crippen LogP contribution in [0.4, 0.5) is 0 Å². The van der Waals surface area contributed by atoms with Crippen molar-refractivity contribution in [2.45, 2.75) is 20.8 Å². The van der Waals surface area contributed by atoms with E-state index in [4.69, 9.17) is 0 Å². The number of para-hydroxylation sites is 1. The van der Waals surface area contributed by atoms with Crippen molar-refractivity contribution in [3.8, 4) is 17.1 Å². The smallest absolute Gasteiger partial charge is 0.356 e. The average Bonchev–Trinajstić information content (AvgIpc) is 3.15. The molecule has 0 fully saturated rings. The molecule has 0 aliphatic carbocycles. The van der Waals surface area contributed by atoms with Crippen LogP contribution in [0.3, 0.4) is 0 Å². The topological polar surface area (TPSA) is 80.9 Å². The highest BCUT2D eigenvalue weighted by molar-refractivity contribution is 5.95. The number of pyridine rings is 2. The van der Waals surface area contributed by atoms with Gasteiger partial charge in [0.05, 0.1) is 11.2 Å². The Hall–Kier alpha value is -3.54. The Morgan fingerprint density at radius 2 is 1.81 bits per heavy atom. The second-order valence-electron chi connectivity index (χ2n) is 5.64. The van der Waals surface area contributed by atoms with Gasteiger partial charge in [-0.15, -0.1) is 0 Å². The van der Waals surface area contributed by atoms with Gasteiger partial charge in [0.15, 0.2) is 11.5 Å². The Morgan fingerprint density at radius 1 is 1.04 bits per heavy atom. The van der Waals surface area contributed by atoms with Crippen molar-refractivity contribution >= 4 is 16.9 Å². The van der Waals surface area contributed by atoms with E-state index in [0.717, 1.165) is 22.2 Å². The van der Waals surface area contributed by atoms with Crippen LogP contribution in [0.25, 0.3) is 28.0 Å². The van der Waals surface area contributed by atoms with Gasteiger partial charge < -0.3 is 5.11 Å². The third-order valence-electron chi connectivity index (χ3n) is 3.94. The summed E-state index contributed by atoms with van der Waals surface area (Å²) in [4.78, 5) is 20.3. The number of nitrogens with zero attached hydrogens (tertiary/aromatic N) is 4. The molecule has 0 amide bonds. The first-order chi connectivity index (χ1) is 13.1. The monoisotopic (exact) mass is 360 g/mol. The summed E-state index contributed by atoms with van der Waals surface area (Å²) in [5, 5.41) is 14.5. The number of fused-ring (bicyclic) bond motifs is 1. The van der Waals surface area contributed by atoms with Crippen molar-refractivity contribution < 1.29 is 9.90 Å². The quantitative estimate of drug-likeness (QED) is 0.581. The van der Waals surface area contributed by atoms with Crippen LogP contribution in [0, 0.1) is 6.92 Å². The van der Waals surface area contributed by atoms with Crippen molar-refractivity contribution in [1.29, 1.82) is 0 Å². The zero-order valence-corrected chi connectivity index (χ0v) is 15.4. The minimum absolute atomic E-state index is 0.0285. The Balaban J connectivity index is 0.00000102. The van der Waals surface area contributed by atoms with Gasteiger partial charge in [-0.3, -0.25) is 4.98 Å². The van der Waals surface area contributed by atoms with E-state index in [0.29, 0.717) is 11.5 Å². The number of hydrogen-bond donors (Lipinski definition) is 1. The number of carbonyl (C=O) groups is 1. The van der Waals surface area contributed by atoms with Crippen molar-refractivity contribution in [3.63, 3.8) is 0 Å². The second-order valence-corrected chi connectivity index (χ2v) is 5.64. The molecule has 6 heteroatoms. The summed E-state index contributed by atoms with van der Waals surface area (Å²) in [5.74, 6) is -0.505. The predicted octanol–water partition coefficient (Wildman–Crippen LogP) is 4.52. The molecule has 6 nitrogen and oxygen atoms in total. The standard InChI is InChI=1S/C19H14N4O2.C2H6/c1-12-5-4-8-18(21-12)23-17(11-16(22-23)19(24)25)14-9-10-20-15-7-3-2-6-13(14)15;1-2/h2-11H,1H3,(H,24,25);1-2H3. The van der Waals surface area contributed by atoms with Gasteiger partial charge in [0, 0.05) is 22.8 Å². The predicted molar refractivity (Wildman–Crippen MR) is 105 cm³/mol. The first-order valence-corrected chi connectivity index (χ1v) is 8.75. The van der Waals surface area contributed by atoms with Crippen LogP contribution in [0.5, 0.6) is 0 Å². The summed E-state index contributed by atoms with van der Waals surface area (Å²) >= 11 is 0. The maximum Gasteiger partial charge on any atom is 0.356 e. The highest BCUT2D eigenvalue weighted by atomic mass is 16.4. The van der Waals surface area contributed by atoms with E-state index in [2.05, 4.69) is 15.1 Å². The van der Waals surface area contributed by atoms with E-state index in [1.54, 1.807) is 23.0 Å². The molecule has 0 saturated carbocycles. The third-order valence-corrected chi connectivity index (χ3v) is 3.94. The summed E-state index contributed by atoms with van der Waals surface area (Å²) < 4.78 is 1.57. The summed E-state index contributed by atoms with van der Waals surface area (Å²) in [6, 6.07) is 16.7. The Morgan fingerprint density at radius 3 is 2.56 bits per heavy atom. The molecule has 3 aromatic heterocycles. The lowest BCUT2D eigenvalue weighted by atomic mass is 10.1. The zero-order chi connectivity index (χ0) is 19.4. The molecule has 27 heavy (non-hydrogen) atoms. The minimum atomic E-state index is -1.08. The van der Waals surface area contributed by atoms with Crippen molar-refractivity contribution in [1.82, 2.24) is 19.7 Å². The van der Waals surface area contributed by atoms with Crippen LogP contribution in [-0.4, -0.2) is 30.8 Å². The van der Waals surface area contributed by atoms with Gasteiger partial charge >= 0.3 is 5.97 Å². The number of carboxylic acids is 1. The summed E-state index contributed by atoms with van der Waals surface area (Å²) in [7, 11) is 0. The third kappa shape index (κ3) is 3.55.